The Bertz CT molecular complexity index is 1130. The molecule has 0 saturated heterocycles. The molecule has 0 saturated carbocycles. The first kappa shape index (κ1) is 22.8. The van der Waals surface area contributed by atoms with Crippen LogP contribution < -0.4 is 11.1 Å². The molecule has 0 spiro atoms. The summed E-state index contributed by atoms with van der Waals surface area (Å²) in [5, 5.41) is 34.8. The number of nitrogens with one attached hydrogen (secondary N) is 1. The van der Waals surface area contributed by atoms with Crippen LogP contribution in [0.1, 0.15) is 24.0 Å². The lowest BCUT2D eigenvalue weighted by molar-refractivity contribution is -0.162. The monoisotopic (exact) mass is 436 g/mol. The average molecular weight is 436 g/mol. The summed E-state index contributed by atoms with van der Waals surface area (Å²) in [6.45, 7) is 0. The highest BCUT2D eigenvalue weighted by Gasteiger charge is 2.48. The Kier molecular flexibility index (Phi) is 6.45. The van der Waals surface area contributed by atoms with Gasteiger partial charge in [-0.3, -0.25) is 4.79 Å². The SMILES string of the molecule is NC(=O)NC(CC(=O)O)(C[C@@](O)(Cc1ccccc1)C(=O)O)c1ccc2ccccc2c1. The summed E-state index contributed by atoms with van der Waals surface area (Å²) in [7, 11) is 0. The van der Waals surface area contributed by atoms with E-state index >= 15 is 0 Å². The molecule has 0 heterocycles. The maximum atomic E-state index is 12.2. The van der Waals surface area contributed by atoms with Gasteiger partial charge in [0.15, 0.2) is 5.60 Å². The molecule has 8 nitrogen and oxygen atoms in total. The van der Waals surface area contributed by atoms with Crippen LogP contribution in [0, 0.1) is 0 Å². The summed E-state index contributed by atoms with van der Waals surface area (Å²) in [5.41, 5.74) is 2.09. The fourth-order valence-corrected chi connectivity index (χ4v) is 4.05. The Morgan fingerprint density at radius 3 is 2.09 bits per heavy atom. The van der Waals surface area contributed by atoms with Gasteiger partial charge in [0.1, 0.15) is 0 Å². The minimum atomic E-state index is -2.38. The van der Waals surface area contributed by atoms with E-state index < -0.39 is 42.0 Å². The third-order valence-electron chi connectivity index (χ3n) is 5.45. The van der Waals surface area contributed by atoms with Gasteiger partial charge in [0.2, 0.25) is 0 Å². The maximum absolute atomic E-state index is 12.2. The molecule has 3 aromatic rings. The third-order valence-corrected chi connectivity index (χ3v) is 5.45. The molecule has 0 aliphatic carbocycles. The van der Waals surface area contributed by atoms with Crippen LogP contribution in [0.2, 0.25) is 0 Å². The first-order chi connectivity index (χ1) is 15.1. The van der Waals surface area contributed by atoms with Gasteiger partial charge < -0.3 is 26.4 Å². The van der Waals surface area contributed by atoms with Crippen molar-refractivity contribution in [3.05, 3.63) is 83.9 Å². The number of benzene rings is 3. The molecule has 6 N–H and O–H groups in total. The van der Waals surface area contributed by atoms with Gasteiger partial charge in [-0.1, -0.05) is 66.7 Å². The number of hydrogen-bond acceptors (Lipinski definition) is 4. The molecule has 2 atom stereocenters. The number of amides is 2. The Hall–Kier alpha value is -3.91. The fraction of sp³-hybridized carbons (Fsp3) is 0.208. The number of carbonyl (C=O) groups excluding carboxylic acids is 1. The Morgan fingerprint density at radius 1 is 0.875 bits per heavy atom. The van der Waals surface area contributed by atoms with Crippen molar-refractivity contribution in [2.24, 2.45) is 5.73 Å². The summed E-state index contributed by atoms with van der Waals surface area (Å²) < 4.78 is 0. The van der Waals surface area contributed by atoms with Crippen LogP contribution >= 0.6 is 0 Å². The highest BCUT2D eigenvalue weighted by atomic mass is 16.4. The number of nitrogens with two attached hydrogens (primary N) is 1. The maximum Gasteiger partial charge on any atom is 0.336 e. The zero-order chi connectivity index (χ0) is 23.4. The highest BCUT2D eigenvalue weighted by Crippen LogP contribution is 2.37. The zero-order valence-corrected chi connectivity index (χ0v) is 17.2. The standard InChI is InChI=1S/C24H24N2O6/c25-22(31)26-23(14-20(27)28,19-11-10-17-8-4-5-9-18(17)12-19)15-24(32,21(29)30)13-16-6-2-1-3-7-16/h1-12,32H,13-15H2,(H,27,28)(H,29,30)(H3,25,26,31)/t23?,24-/m0/s1. The second-order valence-electron chi connectivity index (χ2n) is 7.88. The molecule has 166 valence electrons. The van der Waals surface area contributed by atoms with Gasteiger partial charge in [0.05, 0.1) is 12.0 Å². The Balaban J connectivity index is 2.15. The highest BCUT2D eigenvalue weighted by molar-refractivity contribution is 5.85. The number of aliphatic hydroxyl groups is 1. The lowest BCUT2D eigenvalue weighted by atomic mass is 9.74. The molecule has 0 aliphatic heterocycles. The van der Waals surface area contributed by atoms with Gasteiger partial charge in [-0.2, -0.15) is 0 Å². The first-order valence-electron chi connectivity index (χ1n) is 9.92. The van der Waals surface area contributed by atoms with Crippen molar-refractivity contribution in [2.75, 3.05) is 0 Å². The largest absolute Gasteiger partial charge is 0.481 e. The van der Waals surface area contributed by atoms with Gasteiger partial charge >= 0.3 is 18.0 Å². The molecule has 8 heteroatoms. The number of carbonyl (C=O) groups is 3. The summed E-state index contributed by atoms with van der Waals surface area (Å²) in [6.07, 6.45) is -1.59. The van der Waals surface area contributed by atoms with Crippen molar-refractivity contribution in [3.8, 4) is 0 Å². The van der Waals surface area contributed by atoms with Gasteiger partial charge in [0.25, 0.3) is 0 Å². The van der Waals surface area contributed by atoms with Crippen molar-refractivity contribution >= 4 is 28.7 Å². The van der Waals surface area contributed by atoms with Gasteiger partial charge in [-0.25, -0.2) is 9.59 Å². The van der Waals surface area contributed by atoms with E-state index in [4.69, 9.17) is 5.73 Å². The summed E-state index contributed by atoms with van der Waals surface area (Å²) in [4.78, 5) is 35.9. The van der Waals surface area contributed by atoms with E-state index in [1.54, 1.807) is 54.6 Å². The molecular formula is C24H24N2O6. The van der Waals surface area contributed by atoms with E-state index in [1.165, 1.54) is 0 Å². The minimum Gasteiger partial charge on any atom is -0.481 e. The molecule has 3 rings (SSSR count). The van der Waals surface area contributed by atoms with Crippen LogP contribution in [-0.4, -0.2) is 38.9 Å². The minimum absolute atomic E-state index is 0.293. The van der Waals surface area contributed by atoms with E-state index in [0.717, 1.165) is 10.8 Å². The average Bonchev–Trinajstić information content (AvgIpc) is 2.73. The number of fused-ring (bicyclic) bond motifs is 1. The molecule has 0 radical (unpaired) electrons. The predicted octanol–water partition coefficient (Wildman–Crippen LogP) is 2.63. The van der Waals surface area contributed by atoms with Crippen molar-refractivity contribution in [1.29, 1.82) is 0 Å². The molecular weight excluding hydrogens is 412 g/mol. The van der Waals surface area contributed by atoms with Crippen molar-refractivity contribution < 1.29 is 29.7 Å². The van der Waals surface area contributed by atoms with Crippen LogP contribution in [0.3, 0.4) is 0 Å². The molecule has 1 unspecified atom stereocenters. The summed E-state index contributed by atoms with van der Waals surface area (Å²) in [5.74, 6) is -2.83. The van der Waals surface area contributed by atoms with Crippen LogP contribution in [0.15, 0.2) is 72.8 Å². The van der Waals surface area contributed by atoms with E-state index in [0.29, 0.717) is 11.1 Å². The predicted molar refractivity (Wildman–Crippen MR) is 118 cm³/mol. The summed E-state index contributed by atoms with van der Waals surface area (Å²) >= 11 is 0. The number of hydrogen-bond donors (Lipinski definition) is 5. The second kappa shape index (κ2) is 9.07. The van der Waals surface area contributed by atoms with E-state index in [1.807, 2.05) is 18.2 Å². The number of rotatable bonds is 9. The number of primary amides is 1. The molecule has 0 fully saturated rings. The van der Waals surface area contributed by atoms with Crippen molar-refractivity contribution in [1.82, 2.24) is 5.32 Å². The number of aliphatic carboxylic acids is 2. The summed E-state index contributed by atoms with van der Waals surface area (Å²) in [6, 6.07) is 19.8. The third kappa shape index (κ3) is 5.04. The quantitative estimate of drug-likeness (QED) is 0.348. The molecule has 0 aliphatic rings. The van der Waals surface area contributed by atoms with E-state index in [2.05, 4.69) is 5.32 Å². The number of carboxylic acid groups (broad SMARTS) is 2. The smallest absolute Gasteiger partial charge is 0.336 e. The van der Waals surface area contributed by atoms with Crippen molar-refractivity contribution in [3.63, 3.8) is 0 Å². The molecule has 0 aromatic heterocycles. The topological polar surface area (TPSA) is 150 Å². The van der Waals surface area contributed by atoms with Crippen molar-refractivity contribution in [2.45, 2.75) is 30.4 Å². The van der Waals surface area contributed by atoms with Crippen LogP contribution in [0.25, 0.3) is 10.8 Å². The van der Waals surface area contributed by atoms with Crippen LogP contribution in [0.5, 0.6) is 0 Å². The lowest BCUT2D eigenvalue weighted by Crippen LogP contribution is -2.56. The Morgan fingerprint density at radius 2 is 1.50 bits per heavy atom. The molecule has 0 bridgehead atoms. The van der Waals surface area contributed by atoms with Gasteiger partial charge in [-0.05, 0) is 28.0 Å². The second-order valence-corrected chi connectivity index (χ2v) is 7.88. The molecule has 32 heavy (non-hydrogen) atoms. The van der Waals surface area contributed by atoms with Gasteiger partial charge in [0, 0.05) is 12.8 Å². The lowest BCUT2D eigenvalue weighted by Gasteiger charge is -2.39. The first-order valence-corrected chi connectivity index (χ1v) is 9.92. The van der Waals surface area contributed by atoms with E-state index in [9.17, 15) is 29.7 Å². The van der Waals surface area contributed by atoms with Crippen LogP contribution in [0.4, 0.5) is 4.79 Å². The molecule has 3 aromatic carbocycles. The van der Waals surface area contributed by atoms with Crippen LogP contribution in [-0.2, 0) is 21.5 Å². The molecule has 2 amide bonds. The zero-order valence-electron chi connectivity index (χ0n) is 17.2. The van der Waals surface area contributed by atoms with Gasteiger partial charge in [-0.15, -0.1) is 0 Å². The fourth-order valence-electron chi connectivity index (χ4n) is 4.05. The van der Waals surface area contributed by atoms with E-state index in [-0.39, 0.29) is 6.42 Å². The normalized spacial score (nSPS) is 14.8. The Labute approximate surface area is 184 Å². The number of urea groups is 1. The number of carboxylic acids is 2.